The fourth-order valence-corrected chi connectivity index (χ4v) is 1.60. The van der Waals surface area contributed by atoms with Crippen molar-refractivity contribution < 1.29 is 9.90 Å². The molecular weight excluding hydrogens is 204 g/mol. The molecule has 16 heavy (non-hydrogen) atoms. The van der Waals surface area contributed by atoms with Gasteiger partial charge in [-0.15, -0.1) is 0 Å². The van der Waals surface area contributed by atoms with Crippen LogP contribution in [0, 0.1) is 6.92 Å². The molecule has 2 N–H and O–H groups in total. The number of hydrogen-bond donors (Lipinski definition) is 2. The molecule has 0 atom stereocenters. The van der Waals surface area contributed by atoms with Crippen LogP contribution in [0.25, 0.3) is 0 Å². The molecule has 0 fully saturated rings. The van der Waals surface area contributed by atoms with E-state index in [0.29, 0.717) is 6.42 Å². The van der Waals surface area contributed by atoms with Gasteiger partial charge in [-0.3, -0.25) is 5.10 Å². The second kappa shape index (κ2) is 4.18. The molecule has 2 rings (SSSR count). The van der Waals surface area contributed by atoms with Gasteiger partial charge in [0.1, 0.15) is 0 Å². The molecule has 0 aliphatic heterocycles. The van der Waals surface area contributed by atoms with E-state index in [1.54, 1.807) is 6.07 Å². The van der Waals surface area contributed by atoms with E-state index in [9.17, 15) is 4.79 Å². The average Bonchev–Trinajstić information content (AvgIpc) is 2.66. The van der Waals surface area contributed by atoms with Crippen molar-refractivity contribution in [1.29, 1.82) is 0 Å². The smallest absolute Gasteiger partial charge is 0.356 e. The van der Waals surface area contributed by atoms with E-state index in [-0.39, 0.29) is 5.69 Å². The lowest BCUT2D eigenvalue weighted by Crippen LogP contribution is -1.95. The van der Waals surface area contributed by atoms with Crippen LogP contribution in [0.4, 0.5) is 0 Å². The lowest BCUT2D eigenvalue weighted by Gasteiger charge is -1.99. The molecule has 0 saturated heterocycles. The monoisotopic (exact) mass is 216 g/mol. The van der Waals surface area contributed by atoms with Crippen molar-refractivity contribution in [1.82, 2.24) is 10.2 Å². The van der Waals surface area contributed by atoms with Crippen LogP contribution in [-0.2, 0) is 6.42 Å². The van der Waals surface area contributed by atoms with Crippen molar-refractivity contribution >= 4 is 5.97 Å². The minimum absolute atomic E-state index is 0.0580. The lowest BCUT2D eigenvalue weighted by atomic mass is 10.1. The van der Waals surface area contributed by atoms with Crippen LogP contribution in [0.1, 0.15) is 27.3 Å². The van der Waals surface area contributed by atoms with Gasteiger partial charge in [-0.05, 0) is 18.6 Å². The van der Waals surface area contributed by atoms with Gasteiger partial charge in [0.15, 0.2) is 5.69 Å². The summed E-state index contributed by atoms with van der Waals surface area (Å²) in [6, 6.07) is 9.65. The van der Waals surface area contributed by atoms with E-state index in [1.165, 1.54) is 5.56 Å². The summed E-state index contributed by atoms with van der Waals surface area (Å²) in [6.07, 6.45) is 0.669. The zero-order valence-corrected chi connectivity index (χ0v) is 8.90. The Labute approximate surface area is 92.9 Å². The molecule has 0 aliphatic carbocycles. The highest BCUT2D eigenvalue weighted by atomic mass is 16.4. The third kappa shape index (κ3) is 2.28. The third-order valence-corrected chi connectivity index (χ3v) is 2.33. The van der Waals surface area contributed by atoms with Crippen molar-refractivity contribution in [3.8, 4) is 0 Å². The Morgan fingerprint density at radius 3 is 2.88 bits per heavy atom. The fraction of sp³-hybridized carbons (Fsp3) is 0.167. The number of rotatable bonds is 3. The Balaban J connectivity index is 2.17. The highest BCUT2D eigenvalue weighted by Crippen LogP contribution is 2.10. The molecule has 1 aromatic carbocycles. The minimum atomic E-state index is -1.01. The first-order valence-electron chi connectivity index (χ1n) is 4.98. The van der Waals surface area contributed by atoms with E-state index in [2.05, 4.69) is 16.3 Å². The molecule has 0 saturated carbocycles. The van der Waals surface area contributed by atoms with Gasteiger partial charge >= 0.3 is 5.97 Å². The number of nitrogens with one attached hydrogen (secondary N) is 1. The molecule has 0 spiro atoms. The second-order valence-corrected chi connectivity index (χ2v) is 3.75. The maximum absolute atomic E-state index is 10.6. The van der Waals surface area contributed by atoms with Gasteiger partial charge in [0, 0.05) is 12.1 Å². The van der Waals surface area contributed by atoms with Crippen molar-refractivity contribution in [3.63, 3.8) is 0 Å². The SMILES string of the molecule is Cc1cccc(Cc2cc(C(=O)O)n[nH]2)c1. The summed E-state index contributed by atoms with van der Waals surface area (Å²) in [5, 5.41) is 15.2. The Kier molecular flexibility index (Phi) is 2.72. The number of benzene rings is 1. The maximum atomic E-state index is 10.6. The Morgan fingerprint density at radius 2 is 2.25 bits per heavy atom. The van der Waals surface area contributed by atoms with Crippen LogP contribution < -0.4 is 0 Å². The molecule has 0 bridgehead atoms. The number of aromatic amines is 1. The van der Waals surface area contributed by atoms with Gasteiger partial charge in [-0.2, -0.15) is 5.10 Å². The summed E-state index contributed by atoms with van der Waals surface area (Å²) in [4.78, 5) is 10.6. The van der Waals surface area contributed by atoms with Crippen LogP contribution in [0.15, 0.2) is 30.3 Å². The quantitative estimate of drug-likeness (QED) is 0.824. The lowest BCUT2D eigenvalue weighted by molar-refractivity contribution is 0.0690. The number of aromatic carboxylic acids is 1. The minimum Gasteiger partial charge on any atom is -0.476 e. The first-order valence-corrected chi connectivity index (χ1v) is 4.98. The summed E-state index contributed by atoms with van der Waals surface area (Å²) >= 11 is 0. The standard InChI is InChI=1S/C12H12N2O2/c1-8-3-2-4-9(5-8)6-10-7-11(12(15)16)14-13-10/h2-5,7H,6H2,1H3,(H,13,14)(H,15,16). The topological polar surface area (TPSA) is 66.0 Å². The van der Waals surface area contributed by atoms with Crippen molar-refractivity contribution in [2.24, 2.45) is 0 Å². The number of carbonyl (C=O) groups is 1. The number of H-pyrrole nitrogens is 1. The summed E-state index contributed by atoms with van der Waals surface area (Å²) in [6.45, 7) is 2.03. The number of carboxylic acid groups (broad SMARTS) is 1. The Morgan fingerprint density at radius 1 is 1.44 bits per heavy atom. The van der Waals surface area contributed by atoms with Gasteiger partial charge < -0.3 is 5.11 Å². The molecule has 1 aromatic heterocycles. The number of hydrogen-bond acceptors (Lipinski definition) is 2. The molecule has 1 heterocycles. The average molecular weight is 216 g/mol. The van der Waals surface area contributed by atoms with Gasteiger partial charge in [0.05, 0.1) is 0 Å². The van der Waals surface area contributed by atoms with E-state index in [4.69, 9.17) is 5.11 Å². The highest BCUT2D eigenvalue weighted by Gasteiger charge is 2.08. The molecule has 4 heteroatoms. The second-order valence-electron chi connectivity index (χ2n) is 3.75. The molecular formula is C12H12N2O2. The molecule has 0 radical (unpaired) electrons. The van der Waals surface area contributed by atoms with Crippen LogP contribution in [-0.4, -0.2) is 21.3 Å². The first-order chi connectivity index (χ1) is 7.65. The number of aromatic nitrogens is 2. The molecule has 0 aliphatic rings. The van der Waals surface area contributed by atoms with Gasteiger partial charge in [0.25, 0.3) is 0 Å². The third-order valence-electron chi connectivity index (χ3n) is 2.33. The highest BCUT2D eigenvalue weighted by molar-refractivity contribution is 5.85. The van der Waals surface area contributed by atoms with Crippen LogP contribution in [0.2, 0.25) is 0 Å². The fourth-order valence-electron chi connectivity index (χ4n) is 1.60. The van der Waals surface area contributed by atoms with Gasteiger partial charge in [-0.25, -0.2) is 4.79 Å². The summed E-state index contributed by atoms with van der Waals surface area (Å²) in [7, 11) is 0. The number of aryl methyl sites for hydroxylation is 1. The Hall–Kier alpha value is -2.10. The Bertz CT molecular complexity index is 517. The molecule has 0 amide bonds. The molecule has 82 valence electrons. The predicted molar refractivity (Wildman–Crippen MR) is 59.5 cm³/mol. The van der Waals surface area contributed by atoms with Gasteiger partial charge in [-0.1, -0.05) is 29.8 Å². The summed E-state index contributed by atoms with van der Waals surface area (Å²) in [5.41, 5.74) is 3.20. The normalized spacial score (nSPS) is 10.3. The van der Waals surface area contributed by atoms with Gasteiger partial charge in [0.2, 0.25) is 0 Å². The molecule has 2 aromatic rings. The van der Waals surface area contributed by atoms with E-state index in [0.717, 1.165) is 11.3 Å². The largest absolute Gasteiger partial charge is 0.476 e. The van der Waals surface area contributed by atoms with Crippen molar-refractivity contribution in [2.75, 3.05) is 0 Å². The zero-order valence-electron chi connectivity index (χ0n) is 8.90. The molecule has 0 unspecified atom stereocenters. The van der Waals surface area contributed by atoms with Crippen LogP contribution >= 0.6 is 0 Å². The zero-order chi connectivity index (χ0) is 11.5. The predicted octanol–water partition coefficient (Wildman–Crippen LogP) is 2.01. The number of carboxylic acids is 1. The van der Waals surface area contributed by atoms with Crippen molar-refractivity contribution in [2.45, 2.75) is 13.3 Å². The maximum Gasteiger partial charge on any atom is 0.356 e. The number of nitrogens with zero attached hydrogens (tertiary/aromatic N) is 1. The van der Waals surface area contributed by atoms with E-state index in [1.807, 2.05) is 25.1 Å². The van der Waals surface area contributed by atoms with E-state index < -0.39 is 5.97 Å². The first kappa shape index (κ1) is 10.4. The summed E-state index contributed by atoms with van der Waals surface area (Å²) in [5.74, 6) is -1.01. The van der Waals surface area contributed by atoms with Crippen LogP contribution in [0.5, 0.6) is 0 Å². The van der Waals surface area contributed by atoms with E-state index >= 15 is 0 Å². The van der Waals surface area contributed by atoms with Crippen LogP contribution in [0.3, 0.4) is 0 Å². The summed E-state index contributed by atoms with van der Waals surface area (Å²) < 4.78 is 0. The van der Waals surface area contributed by atoms with Crippen molar-refractivity contribution in [3.05, 3.63) is 52.8 Å². The molecule has 4 nitrogen and oxygen atoms in total.